The van der Waals surface area contributed by atoms with Gasteiger partial charge >= 0.3 is 0 Å². The van der Waals surface area contributed by atoms with Gasteiger partial charge in [0.05, 0.1) is 14.2 Å². The number of ether oxygens (including phenoxy) is 2. The average Bonchev–Trinajstić information content (AvgIpc) is 2.18. The van der Waals surface area contributed by atoms with Gasteiger partial charge in [-0.05, 0) is 5.92 Å². The van der Waals surface area contributed by atoms with Crippen molar-refractivity contribution in [1.29, 1.82) is 0 Å². The first kappa shape index (κ1) is 11.8. The van der Waals surface area contributed by atoms with Crippen LogP contribution in [-0.2, 0) is 0 Å². The second-order valence-corrected chi connectivity index (χ2v) is 3.48. The molecule has 4 heteroatoms. The minimum atomic E-state index is -0.661. The van der Waals surface area contributed by atoms with Crippen molar-refractivity contribution in [3.05, 3.63) is 23.3 Å². The normalized spacial score (nSPS) is 10.6. The summed E-state index contributed by atoms with van der Waals surface area (Å²) in [7, 11) is 2.67. The van der Waals surface area contributed by atoms with E-state index in [1.807, 2.05) is 0 Å². The molecule has 0 aliphatic carbocycles. The van der Waals surface area contributed by atoms with Crippen molar-refractivity contribution < 1.29 is 18.3 Å². The molecule has 0 aliphatic rings. The highest BCUT2D eigenvalue weighted by Crippen LogP contribution is 2.34. The van der Waals surface area contributed by atoms with Crippen molar-refractivity contribution in [2.24, 2.45) is 0 Å². The summed E-state index contributed by atoms with van der Waals surface area (Å²) in [6.07, 6.45) is 0. The number of benzene rings is 1. The first-order chi connectivity index (χ1) is 7.02. The Kier molecular flexibility index (Phi) is 3.50. The minimum Gasteiger partial charge on any atom is -0.494 e. The van der Waals surface area contributed by atoms with Gasteiger partial charge in [-0.2, -0.15) is 0 Å². The summed E-state index contributed by atoms with van der Waals surface area (Å²) in [4.78, 5) is 0. The largest absolute Gasteiger partial charge is 0.494 e. The van der Waals surface area contributed by atoms with Crippen LogP contribution < -0.4 is 9.47 Å². The molecule has 0 saturated heterocycles. The maximum Gasteiger partial charge on any atom is 0.171 e. The van der Waals surface area contributed by atoms with E-state index in [9.17, 15) is 8.78 Å². The van der Waals surface area contributed by atoms with Gasteiger partial charge in [-0.15, -0.1) is 0 Å². The van der Waals surface area contributed by atoms with Gasteiger partial charge in [0.2, 0.25) is 0 Å². The van der Waals surface area contributed by atoms with Crippen LogP contribution in [0.25, 0.3) is 0 Å². The van der Waals surface area contributed by atoms with Gasteiger partial charge in [0.15, 0.2) is 23.1 Å². The molecule has 0 N–H and O–H groups in total. The smallest absolute Gasteiger partial charge is 0.171 e. The SMILES string of the molecule is COc1cc(OC)c(F)c(C(C)C)c1F. The number of halogens is 2. The van der Waals surface area contributed by atoms with Crippen molar-refractivity contribution in [2.75, 3.05) is 14.2 Å². The zero-order valence-corrected chi connectivity index (χ0v) is 9.23. The first-order valence-corrected chi connectivity index (χ1v) is 4.62. The lowest BCUT2D eigenvalue weighted by Gasteiger charge is -2.14. The molecule has 0 aliphatic heterocycles. The molecule has 1 aromatic rings. The highest BCUT2D eigenvalue weighted by atomic mass is 19.1. The molecule has 0 unspecified atom stereocenters. The zero-order valence-electron chi connectivity index (χ0n) is 9.23. The molecule has 1 aromatic carbocycles. The quantitative estimate of drug-likeness (QED) is 0.772. The molecule has 0 fully saturated rings. The fraction of sp³-hybridized carbons (Fsp3) is 0.455. The van der Waals surface area contributed by atoms with E-state index in [1.54, 1.807) is 13.8 Å². The summed E-state index contributed by atoms with van der Waals surface area (Å²) in [6, 6.07) is 1.20. The fourth-order valence-corrected chi connectivity index (χ4v) is 1.41. The van der Waals surface area contributed by atoms with Gasteiger partial charge in [-0.25, -0.2) is 8.78 Å². The summed E-state index contributed by atoms with van der Waals surface area (Å²) >= 11 is 0. The van der Waals surface area contributed by atoms with Crippen molar-refractivity contribution in [2.45, 2.75) is 19.8 Å². The average molecular weight is 216 g/mol. The van der Waals surface area contributed by atoms with Crippen molar-refractivity contribution in [3.8, 4) is 11.5 Å². The molecule has 15 heavy (non-hydrogen) atoms. The first-order valence-electron chi connectivity index (χ1n) is 4.62. The Morgan fingerprint density at radius 1 is 1.00 bits per heavy atom. The Bertz CT molecular complexity index is 334. The van der Waals surface area contributed by atoms with Gasteiger partial charge in [0.25, 0.3) is 0 Å². The Hall–Kier alpha value is -1.32. The van der Waals surface area contributed by atoms with E-state index < -0.39 is 11.6 Å². The van der Waals surface area contributed by atoms with Crippen LogP contribution in [-0.4, -0.2) is 14.2 Å². The molecule has 2 nitrogen and oxygen atoms in total. The molecule has 0 aromatic heterocycles. The monoisotopic (exact) mass is 216 g/mol. The number of rotatable bonds is 3. The van der Waals surface area contributed by atoms with Gasteiger partial charge in [-0.1, -0.05) is 13.8 Å². The highest BCUT2D eigenvalue weighted by molar-refractivity contribution is 5.43. The van der Waals surface area contributed by atoms with E-state index in [2.05, 4.69) is 0 Å². The molecule has 0 amide bonds. The van der Waals surface area contributed by atoms with E-state index in [-0.39, 0.29) is 23.0 Å². The number of hydrogen-bond donors (Lipinski definition) is 0. The van der Waals surface area contributed by atoms with Crippen LogP contribution in [0.5, 0.6) is 11.5 Å². The van der Waals surface area contributed by atoms with Gasteiger partial charge < -0.3 is 9.47 Å². The van der Waals surface area contributed by atoms with E-state index in [0.717, 1.165) is 0 Å². The maximum atomic E-state index is 13.7. The molecular weight excluding hydrogens is 202 g/mol. The van der Waals surface area contributed by atoms with Crippen LogP contribution in [0, 0.1) is 11.6 Å². The highest BCUT2D eigenvalue weighted by Gasteiger charge is 2.21. The molecule has 0 radical (unpaired) electrons. The third-order valence-corrected chi connectivity index (χ3v) is 2.18. The van der Waals surface area contributed by atoms with Gasteiger partial charge in [-0.3, -0.25) is 0 Å². The van der Waals surface area contributed by atoms with Crippen molar-refractivity contribution in [3.63, 3.8) is 0 Å². The van der Waals surface area contributed by atoms with E-state index in [0.29, 0.717) is 0 Å². The molecule has 0 spiro atoms. The van der Waals surface area contributed by atoms with Crippen LogP contribution >= 0.6 is 0 Å². The summed E-state index contributed by atoms with van der Waals surface area (Å²) in [6.45, 7) is 3.42. The summed E-state index contributed by atoms with van der Waals surface area (Å²) in [5.74, 6) is -1.60. The summed E-state index contributed by atoms with van der Waals surface area (Å²) in [5, 5.41) is 0. The number of methoxy groups -OCH3 is 2. The molecule has 0 saturated carbocycles. The predicted octanol–water partition coefficient (Wildman–Crippen LogP) is 3.11. The van der Waals surface area contributed by atoms with Gasteiger partial charge in [0.1, 0.15) is 0 Å². The fourth-order valence-electron chi connectivity index (χ4n) is 1.41. The van der Waals surface area contributed by atoms with E-state index in [1.165, 1.54) is 20.3 Å². The lowest BCUT2D eigenvalue weighted by molar-refractivity contribution is 0.351. The summed E-state index contributed by atoms with van der Waals surface area (Å²) in [5.41, 5.74) is -0.00815. The Morgan fingerprint density at radius 3 is 1.67 bits per heavy atom. The molecule has 0 heterocycles. The topological polar surface area (TPSA) is 18.5 Å². The molecule has 0 bridgehead atoms. The lowest BCUT2D eigenvalue weighted by Crippen LogP contribution is -2.03. The second-order valence-electron chi connectivity index (χ2n) is 3.48. The molecule has 1 rings (SSSR count). The van der Waals surface area contributed by atoms with Crippen LogP contribution in [0.3, 0.4) is 0 Å². The maximum absolute atomic E-state index is 13.7. The van der Waals surface area contributed by atoms with Crippen LogP contribution in [0.2, 0.25) is 0 Å². The standard InChI is InChI=1S/C11H14F2O2/c1-6(2)9-10(12)7(14-3)5-8(15-4)11(9)13/h5-6H,1-4H3. The molecule has 0 atom stereocenters. The molecule has 84 valence electrons. The van der Waals surface area contributed by atoms with Crippen molar-refractivity contribution in [1.82, 2.24) is 0 Å². The van der Waals surface area contributed by atoms with Gasteiger partial charge in [0, 0.05) is 11.6 Å². The van der Waals surface area contributed by atoms with E-state index >= 15 is 0 Å². The Labute approximate surface area is 87.8 Å². The van der Waals surface area contributed by atoms with Crippen LogP contribution in [0.15, 0.2) is 6.07 Å². The van der Waals surface area contributed by atoms with Crippen LogP contribution in [0.1, 0.15) is 25.3 Å². The third kappa shape index (κ3) is 2.03. The zero-order chi connectivity index (χ0) is 11.6. The minimum absolute atomic E-state index is 0.00282. The Morgan fingerprint density at radius 2 is 1.40 bits per heavy atom. The Balaban J connectivity index is 3.46. The van der Waals surface area contributed by atoms with Crippen LogP contribution in [0.4, 0.5) is 8.78 Å². The van der Waals surface area contributed by atoms with Crippen molar-refractivity contribution >= 4 is 0 Å². The molecular formula is C11H14F2O2. The number of hydrogen-bond acceptors (Lipinski definition) is 2. The third-order valence-electron chi connectivity index (χ3n) is 2.18. The second kappa shape index (κ2) is 4.47. The lowest BCUT2D eigenvalue weighted by atomic mass is 10.0. The van der Waals surface area contributed by atoms with E-state index in [4.69, 9.17) is 9.47 Å². The predicted molar refractivity (Wildman–Crippen MR) is 53.6 cm³/mol. The summed E-state index contributed by atoms with van der Waals surface area (Å²) < 4.78 is 37.0.